The molecule has 0 aliphatic carbocycles. The first-order chi connectivity index (χ1) is 37.1. The Morgan fingerprint density at radius 3 is 1.15 bits per heavy atom. The van der Waals surface area contributed by atoms with Crippen molar-refractivity contribution in [1.29, 1.82) is 5.26 Å². The van der Waals surface area contributed by atoms with Gasteiger partial charge in [-0.15, -0.1) is 0 Å². The van der Waals surface area contributed by atoms with E-state index in [4.69, 9.17) is 34.9 Å². The van der Waals surface area contributed by atoms with Crippen LogP contribution in [0.5, 0.6) is 0 Å². The zero-order valence-corrected chi connectivity index (χ0v) is 40.2. The van der Waals surface area contributed by atoms with E-state index in [0.29, 0.717) is 51.5 Å². The van der Waals surface area contributed by atoms with Crippen LogP contribution in [0.15, 0.2) is 249 Å². The minimum absolute atomic E-state index is 0.411. The van der Waals surface area contributed by atoms with Crippen LogP contribution in [-0.4, -0.2) is 39.5 Å². The number of nitrogens with zero attached hydrogens (tertiary/aromatic N) is 9. The third-order valence-electron chi connectivity index (χ3n) is 13.3. The number of nitriles is 1. The summed E-state index contributed by atoms with van der Waals surface area (Å²) in [4.78, 5) is 36.8. The molecule has 0 N–H and O–H groups in total. The van der Waals surface area contributed by atoms with Crippen LogP contribution in [0.4, 0.5) is 0 Å². The van der Waals surface area contributed by atoms with Crippen molar-refractivity contribution in [3.05, 3.63) is 254 Å². The van der Waals surface area contributed by atoms with Gasteiger partial charge in [0, 0.05) is 60.8 Å². The van der Waals surface area contributed by atoms with Crippen LogP contribution in [0.25, 0.3) is 129 Å². The van der Waals surface area contributed by atoms with Crippen LogP contribution in [-0.2, 0) is 0 Å². The Bertz CT molecular complexity index is 3950. The minimum Gasteiger partial charge on any atom is -0.308 e. The van der Waals surface area contributed by atoms with Gasteiger partial charge in [0.05, 0.1) is 51.1 Å². The molecule has 9 nitrogen and oxygen atoms in total. The van der Waals surface area contributed by atoms with Gasteiger partial charge in [0.15, 0.2) is 29.1 Å². The van der Waals surface area contributed by atoms with E-state index in [1.54, 1.807) is 0 Å². The Morgan fingerprint density at radius 1 is 0.280 bits per heavy atom. The maximum atomic E-state index is 11.1. The van der Waals surface area contributed by atoms with Gasteiger partial charge in [0.1, 0.15) is 0 Å². The van der Waals surface area contributed by atoms with E-state index in [-0.39, 0.29) is 0 Å². The predicted molar refractivity (Wildman–Crippen MR) is 299 cm³/mol. The maximum absolute atomic E-state index is 11.1. The molecule has 4 heterocycles. The summed E-state index contributed by atoms with van der Waals surface area (Å²) in [5, 5.41) is 13.1. The van der Waals surface area contributed by atoms with Gasteiger partial charge in [-0.3, -0.25) is 0 Å². The zero-order valence-electron chi connectivity index (χ0n) is 40.2. The summed E-state index contributed by atoms with van der Waals surface area (Å²) < 4.78 is 2.27. The Labute approximate surface area is 432 Å². The fourth-order valence-corrected chi connectivity index (χ4v) is 9.73. The molecule has 0 bridgehead atoms. The molecule has 9 aromatic carbocycles. The lowest BCUT2D eigenvalue weighted by atomic mass is 9.97. The molecule has 0 aliphatic rings. The normalized spacial score (nSPS) is 11.2. The molecule has 75 heavy (non-hydrogen) atoms. The lowest BCUT2D eigenvalue weighted by Gasteiger charge is -2.20. The Kier molecular flexibility index (Phi) is 11.4. The second-order valence-corrected chi connectivity index (χ2v) is 18.0. The number of rotatable bonds is 10. The first-order valence-corrected chi connectivity index (χ1v) is 24.6. The monoisotopic (exact) mass is 959 g/mol. The molecule has 350 valence electrons. The van der Waals surface area contributed by atoms with E-state index in [9.17, 15) is 5.26 Å². The fraction of sp³-hybridized carbons (Fsp3) is 0. The molecule has 13 rings (SSSR count). The van der Waals surface area contributed by atoms with Crippen LogP contribution in [0.3, 0.4) is 0 Å². The maximum Gasteiger partial charge on any atom is 0.164 e. The molecule has 0 unspecified atom stereocenters. The molecule has 13 aromatic rings. The lowest BCUT2D eigenvalue weighted by molar-refractivity contribution is 1.07. The molecule has 0 aliphatic heterocycles. The van der Waals surface area contributed by atoms with E-state index in [2.05, 4.69) is 89.5 Å². The summed E-state index contributed by atoms with van der Waals surface area (Å²) in [6.07, 6.45) is 0. The molecule has 0 atom stereocenters. The van der Waals surface area contributed by atoms with Crippen molar-refractivity contribution < 1.29 is 0 Å². The summed E-state index contributed by atoms with van der Waals surface area (Å²) >= 11 is 0. The Morgan fingerprint density at radius 2 is 0.653 bits per heavy atom. The highest BCUT2D eigenvalue weighted by molar-refractivity contribution is 6.11. The fourth-order valence-electron chi connectivity index (χ4n) is 9.73. The van der Waals surface area contributed by atoms with E-state index < -0.39 is 0 Å². The van der Waals surface area contributed by atoms with Gasteiger partial charge in [-0.1, -0.05) is 212 Å². The molecule has 0 saturated carbocycles. The van der Waals surface area contributed by atoms with Gasteiger partial charge in [-0.25, -0.2) is 34.9 Å². The standard InChI is InChI=1S/C66H41N9/c67-42-43-37-53(58-41-57(46-25-11-3-12-26-46)68-62(71-58)47-27-13-4-14-28-47)61(54(38-43)66-69-55(44-21-7-1-8-22-44)40-56(70-66)45-23-9-2-10-24-45)75-59-34-20-19-33-51(59)52-36-35-50(39-60(52)75)65-73-63(48-29-15-5-16-30-48)72-64(74-65)49-31-17-6-18-32-49/h1-41H. The highest BCUT2D eigenvalue weighted by atomic mass is 15.0. The highest BCUT2D eigenvalue weighted by Crippen LogP contribution is 2.44. The van der Waals surface area contributed by atoms with Crippen molar-refractivity contribution in [1.82, 2.24) is 39.5 Å². The van der Waals surface area contributed by atoms with Crippen LogP contribution >= 0.6 is 0 Å². The number of para-hydroxylation sites is 1. The number of aromatic nitrogens is 8. The van der Waals surface area contributed by atoms with Gasteiger partial charge in [0.2, 0.25) is 0 Å². The minimum atomic E-state index is 0.411. The molecule has 9 heteroatoms. The van der Waals surface area contributed by atoms with Crippen LogP contribution < -0.4 is 0 Å². The van der Waals surface area contributed by atoms with Gasteiger partial charge in [-0.2, -0.15) is 5.26 Å². The summed E-state index contributed by atoms with van der Waals surface area (Å²) in [6, 6.07) is 85.5. The number of hydrogen-bond donors (Lipinski definition) is 0. The quantitative estimate of drug-likeness (QED) is 0.133. The Balaban J connectivity index is 1.15. The third-order valence-corrected chi connectivity index (χ3v) is 13.3. The predicted octanol–water partition coefficient (Wildman–Crippen LogP) is 15.4. The average molecular weight is 960 g/mol. The second kappa shape index (κ2) is 19.2. The summed E-state index contributed by atoms with van der Waals surface area (Å²) in [6.45, 7) is 0. The van der Waals surface area contributed by atoms with Gasteiger partial charge in [-0.05, 0) is 36.4 Å². The average Bonchev–Trinajstić information content (AvgIpc) is 3.84. The Hall–Kier alpha value is -10.6. The van der Waals surface area contributed by atoms with Gasteiger partial charge in [0.25, 0.3) is 0 Å². The van der Waals surface area contributed by atoms with E-state index in [1.807, 2.05) is 170 Å². The molecule has 0 radical (unpaired) electrons. The summed E-state index contributed by atoms with van der Waals surface area (Å²) in [5.74, 6) is 2.62. The third kappa shape index (κ3) is 8.54. The molecule has 0 saturated heterocycles. The number of fused-ring (bicyclic) bond motifs is 3. The van der Waals surface area contributed by atoms with Gasteiger partial charge >= 0.3 is 0 Å². The summed E-state index contributed by atoms with van der Waals surface area (Å²) in [5.41, 5.74) is 13.2. The summed E-state index contributed by atoms with van der Waals surface area (Å²) in [7, 11) is 0. The first kappa shape index (κ1) is 44.4. The van der Waals surface area contributed by atoms with Crippen molar-refractivity contribution >= 4 is 21.8 Å². The van der Waals surface area contributed by atoms with Crippen LogP contribution in [0.2, 0.25) is 0 Å². The molecule has 0 spiro atoms. The van der Waals surface area contributed by atoms with Crippen molar-refractivity contribution in [2.75, 3.05) is 0 Å². The lowest BCUT2D eigenvalue weighted by Crippen LogP contribution is -2.06. The first-order valence-electron chi connectivity index (χ1n) is 24.6. The van der Waals surface area contributed by atoms with Crippen molar-refractivity contribution in [2.24, 2.45) is 0 Å². The van der Waals surface area contributed by atoms with Crippen molar-refractivity contribution in [3.63, 3.8) is 0 Å². The SMILES string of the molecule is N#Cc1cc(-c2cc(-c3ccccc3)nc(-c3ccccc3)n2)c(-n2c3ccccc3c3ccc(-c4nc(-c5ccccc5)nc(-c5ccccc5)n4)cc32)c(-c2nc(-c3ccccc3)cc(-c3ccccc3)n2)c1. The van der Waals surface area contributed by atoms with E-state index in [0.717, 1.165) is 83.5 Å². The largest absolute Gasteiger partial charge is 0.308 e. The van der Waals surface area contributed by atoms with E-state index >= 15 is 0 Å². The molecule has 0 amide bonds. The van der Waals surface area contributed by atoms with Crippen LogP contribution in [0.1, 0.15) is 5.56 Å². The molecular formula is C66H41N9. The topological polar surface area (TPSA) is 119 Å². The smallest absolute Gasteiger partial charge is 0.164 e. The number of benzene rings is 9. The van der Waals surface area contributed by atoms with Crippen molar-refractivity contribution in [2.45, 2.75) is 0 Å². The van der Waals surface area contributed by atoms with Gasteiger partial charge < -0.3 is 4.57 Å². The molecule has 4 aromatic heterocycles. The highest BCUT2D eigenvalue weighted by Gasteiger charge is 2.26. The number of hydrogen-bond acceptors (Lipinski definition) is 8. The van der Waals surface area contributed by atoms with Crippen LogP contribution in [0, 0.1) is 11.3 Å². The zero-order chi connectivity index (χ0) is 50.1. The van der Waals surface area contributed by atoms with Crippen molar-refractivity contribution in [3.8, 4) is 114 Å². The molecule has 0 fully saturated rings. The molecular weight excluding hydrogens is 919 g/mol. The second-order valence-electron chi connectivity index (χ2n) is 18.0. The van der Waals surface area contributed by atoms with E-state index in [1.165, 1.54) is 0 Å².